The molecule has 0 bridgehead atoms. The number of hydrogen-bond acceptors (Lipinski definition) is 5. The lowest BCUT2D eigenvalue weighted by Gasteiger charge is -2.14. The summed E-state index contributed by atoms with van der Waals surface area (Å²) in [7, 11) is 0. The monoisotopic (exact) mass is 430 g/mol. The average Bonchev–Trinajstić information content (AvgIpc) is 2.93. The minimum Gasteiger partial charge on any atom is -0.506 e. The number of aromatic hydroxyl groups is 1. The normalized spacial score (nSPS) is 15.6. The molecule has 0 atom stereocenters. The molecule has 2 aromatic carbocycles. The highest BCUT2D eigenvalue weighted by molar-refractivity contribution is 8.26. The molecule has 2 amide bonds. The van der Waals surface area contributed by atoms with Crippen molar-refractivity contribution in [2.45, 2.75) is 0 Å². The number of rotatable bonds is 5. The minimum atomic E-state index is -0.491. The van der Waals surface area contributed by atoms with E-state index in [1.54, 1.807) is 12.2 Å². The van der Waals surface area contributed by atoms with Gasteiger partial charge < -0.3 is 10.4 Å². The summed E-state index contributed by atoms with van der Waals surface area (Å²) < 4.78 is 0.301. The van der Waals surface area contributed by atoms with Crippen molar-refractivity contribution in [1.82, 2.24) is 4.90 Å². The zero-order valence-corrected chi connectivity index (χ0v) is 16.9. The van der Waals surface area contributed by atoms with E-state index in [4.69, 9.17) is 23.8 Å². The second kappa shape index (κ2) is 9.05. The van der Waals surface area contributed by atoms with Crippen molar-refractivity contribution in [3.05, 3.63) is 76.2 Å². The van der Waals surface area contributed by atoms with Gasteiger partial charge in [-0.3, -0.25) is 14.5 Å². The van der Waals surface area contributed by atoms with Crippen LogP contribution < -0.4 is 5.32 Å². The zero-order valence-electron chi connectivity index (χ0n) is 14.5. The molecule has 0 saturated carbocycles. The van der Waals surface area contributed by atoms with Crippen LogP contribution in [0.1, 0.15) is 5.56 Å². The van der Waals surface area contributed by atoms with Crippen LogP contribution in [0.25, 0.3) is 6.08 Å². The number of thiocarbonyl (C=S) groups is 1. The molecule has 0 unspecified atom stereocenters. The molecule has 0 radical (unpaired) electrons. The Labute approximate surface area is 176 Å². The van der Waals surface area contributed by atoms with E-state index in [0.717, 1.165) is 17.3 Å². The first-order chi connectivity index (χ1) is 13.4. The number of carbonyl (C=O) groups is 2. The Balaban J connectivity index is 1.65. The highest BCUT2D eigenvalue weighted by Crippen LogP contribution is 2.31. The fourth-order valence-electron chi connectivity index (χ4n) is 2.40. The van der Waals surface area contributed by atoms with Crippen molar-refractivity contribution in [3.63, 3.8) is 0 Å². The maximum absolute atomic E-state index is 12.5. The van der Waals surface area contributed by atoms with Gasteiger partial charge in [-0.1, -0.05) is 78.1 Å². The minimum absolute atomic E-state index is 0.117. The molecule has 0 spiro atoms. The number of allylic oxidation sites excluding steroid dienone is 2. The molecular formula is C20H15ClN2O3S2. The van der Waals surface area contributed by atoms with Crippen LogP contribution in [0.5, 0.6) is 5.75 Å². The van der Waals surface area contributed by atoms with E-state index >= 15 is 0 Å². The molecule has 1 heterocycles. The topological polar surface area (TPSA) is 69.6 Å². The van der Waals surface area contributed by atoms with Crippen LogP contribution in [-0.4, -0.2) is 32.7 Å². The number of amides is 2. The van der Waals surface area contributed by atoms with Crippen molar-refractivity contribution in [3.8, 4) is 5.75 Å². The SMILES string of the molecule is O=C(CN1C(=O)/C(=C/C=C/c2ccccc2)SC1=S)Nc1cc(Cl)ccc1O. The maximum Gasteiger partial charge on any atom is 0.266 e. The fraction of sp³-hybridized carbons (Fsp3) is 0.0500. The van der Waals surface area contributed by atoms with E-state index in [-0.39, 0.29) is 23.9 Å². The molecular weight excluding hydrogens is 416 g/mol. The Morgan fingerprint density at radius 1 is 1.25 bits per heavy atom. The largest absolute Gasteiger partial charge is 0.506 e. The van der Waals surface area contributed by atoms with E-state index in [0.29, 0.717) is 14.2 Å². The summed E-state index contributed by atoms with van der Waals surface area (Å²) in [6, 6.07) is 14.0. The van der Waals surface area contributed by atoms with Crippen molar-refractivity contribution >= 4 is 63.5 Å². The van der Waals surface area contributed by atoms with E-state index in [2.05, 4.69) is 5.32 Å². The Kier molecular flexibility index (Phi) is 6.51. The molecule has 28 heavy (non-hydrogen) atoms. The summed E-state index contributed by atoms with van der Waals surface area (Å²) in [4.78, 5) is 26.5. The van der Waals surface area contributed by atoms with Gasteiger partial charge in [0.2, 0.25) is 5.91 Å². The number of thioether (sulfide) groups is 1. The smallest absolute Gasteiger partial charge is 0.266 e. The van der Waals surface area contributed by atoms with Gasteiger partial charge in [0.15, 0.2) is 0 Å². The number of carbonyl (C=O) groups excluding carboxylic acids is 2. The Bertz CT molecular complexity index is 990. The molecule has 0 aromatic heterocycles. The number of nitrogens with zero attached hydrogens (tertiary/aromatic N) is 1. The van der Waals surface area contributed by atoms with Crippen LogP contribution in [0.3, 0.4) is 0 Å². The summed E-state index contributed by atoms with van der Waals surface area (Å²) in [5, 5.41) is 12.7. The third-order valence-electron chi connectivity index (χ3n) is 3.74. The van der Waals surface area contributed by atoms with Gasteiger partial charge in [-0.15, -0.1) is 0 Å². The Morgan fingerprint density at radius 2 is 2.00 bits per heavy atom. The van der Waals surface area contributed by atoms with Crippen molar-refractivity contribution in [1.29, 1.82) is 0 Å². The van der Waals surface area contributed by atoms with Crippen LogP contribution in [0.2, 0.25) is 5.02 Å². The van der Waals surface area contributed by atoms with Gasteiger partial charge in [0.25, 0.3) is 5.91 Å². The molecule has 1 aliphatic heterocycles. The number of nitrogens with one attached hydrogen (secondary N) is 1. The molecule has 1 aliphatic rings. The molecule has 0 aliphatic carbocycles. The van der Waals surface area contributed by atoms with Gasteiger partial charge in [0.05, 0.1) is 10.6 Å². The predicted octanol–water partition coefficient (Wildman–Crippen LogP) is 4.44. The average molecular weight is 431 g/mol. The van der Waals surface area contributed by atoms with E-state index < -0.39 is 5.91 Å². The van der Waals surface area contributed by atoms with E-state index in [9.17, 15) is 14.7 Å². The Hall–Kier alpha value is -2.61. The third kappa shape index (κ3) is 5.01. The summed E-state index contributed by atoms with van der Waals surface area (Å²) in [6.45, 7) is -0.254. The zero-order chi connectivity index (χ0) is 20.1. The lowest BCUT2D eigenvalue weighted by Crippen LogP contribution is -2.36. The van der Waals surface area contributed by atoms with Crippen molar-refractivity contribution in [2.24, 2.45) is 0 Å². The molecule has 1 fully saturated rings. The van der Waals surface area contributed by atoms with Crippen LogP contribution in [0, 0.1) is 0 Å². The van der Waals surface area contributed by atoms with Crippen LogP contribution >= 0.6 is 35.6 Å². The van der Waals surface area contributed by atoms with Gasteiger partial charge in [0, 0.05) is 5.02 Å². The highest BCUT2D eigenvalue weighted by atomic mass is 35.5. The second-order valence-corrected chi connectivity index (χ2v) is 7.88. The highest BCUT2D eigenvalue weighted by Gasteiger charge is 2.33. The van der Waals surface area contributed by atoms with Crippen molar-refractivity contribution in [2.75, 3.05) is 11.9 Å². The van der Waals surface area contributed by atoms with Crippen LogP contribution in [-0.2, 0) is 9.59 Å². The lowest BCUT2D eigenvalue weighted by molar-refractivity contribution is -0.126. The molecule has 5 nitrogen and oxygen atoms in total. The molecule has 3 rings (SSSR count). The summed E-state index contributed by atoms with van der Waals surface area (Å²) in [5.74, 6) is -0.942. The third-order valence-corrected chi connectivity index (χ3v) is 5.37. The van der Waals surface area contributed by atoms with Crippen LogP contribution in [0.15, 0.2) is 65.6 Å². The number of phenolic OH excluding ortho intramolecular Hbond substituents is 1. The number of halogens is 1. The molecule has 1 saturated heterocycles. The van der Waals surface area contributed by atoms with Crippen molar-refractivity contribution < 1.29 is 14.7 Å². The maximum atomic E-state index is 12.5. The molecule has 142 valence electrons. The van der Waals surface area contributed by atoms with Gasteiger partial charge in [-0.05, 0) is 29.8 Å². The number of anilines is 1. The van der Waals surface area contributed by atoms with E-state index in [1.807, 2.05) is 36.4 Å². The summed E-state index contributed by atoms with van der Waals surface area (Å²) >= 11 is 12.2. The molecule has 2 N–H and O–H groups in total. The first kappa shape index (κ1) is 20.1. The van der Waals surface area contributed by atoms with E-state index in [1.165, 1.54) is 23.1 Å². The number of hydrogen-bond donors (Lipinski definition) is 2. The Morgan fingerprint density at radius 3 is 2.75 bits per heavy atom. The quantitative estimate of drug-likeness (QED) is 0.417. The lowest BCUT2D eigenvalue weighted by atomic mass is 10.2. The number of phenols is 1. The number of benzene rings is 2. The summed E-state index contributed by atoms with van der Waals surface area (Å²) in [5.41, 5.74) is 1.18. The first-order valence-electron chi connectivity index (χ1n) is 8.19. The standard InChI is InChI=1S/C20H15ClN2O3S2/c21-14-9-10-16(24)15(11-14)22-18(25)12-23-19(26)17(28-20(23)27)8-4-7-13-5-2-1-3-6-13/h1-11,24H,12H2,(H,22,25)/b7-4+,17-8-. The fourth-order valence-corrected chi connectivity index (χ4v) is 3.78. The molecule has 2 aromatic rings. The van der Waals surface area contributed by atoms with Crippen LogP contribution in [0.4, 0.5) is 5.69 Å². The van der Waals surface area contributed by atoms with Gasteiger partial charge in [-0.25, -0.2) is 0 Å². The second-order valence-electron chi connectivity index (χ2n) is 5.77. The first-order valence-corrected chi connectivity index (χ1v) is 9.80. The molecule has 8 heteroatoms. The summed E-state index contributed by atoms with van der Waals surface area (Å²) in [6.07, 6.45) is 5.32. The van der Waals surface area contributed by atoms with Gasteiger partial charge in [-0.2, -0.15) is 0 Å². The van der Waals surface area contributed by atoms with Gasteiger partial charge >= 0.3 is 0 Å². The van der Waals surface area contributed by atoms with Gasteiger partial charge in [0.1, 0.15) is 16.6 Å². The predicted molar refractivity (Wildman–Crippen MR) is 117 cm³/mol.